The summed E-state index contributed by atoms with van der Waals surface area (Å²) in [7, 11) is 0. The number of nitrogens with zero attached hydrogens (tertiary/aromatic N) is 2. The van der Waals surface area contributed by atoms with E-state index in [0.29, 0.717) is 12.2 Å². The standard InChI is InChI=1S/C26H21N3O2/c1-18-11-13-19(14-12-18)16-28-17-20(22-9-5-6-10-24(22)28)15-23-25(30)27-29(26(23)31)21-7-3-2-4-8-21/h2-15,17H,16H2,1H3,(H,27,30)/b23-15-. The summed E-state index contributed by atoms with van der Waals surface area (Å²) in [4.78, 5) is 25.5. The van der Waals surface area contributed by atoms with Crippen LogP contribution < -0.4 is 10.4 Å². The van der Waals surface area contributed by atoms with Gasteiger partial charge in [-0.05, 0) is 36.8 Å². The van der Waals surface area contributed by atoms with E-state index in [1.165, 1.54) is 16.1 Å². The van der Waals surface area contributed by atoms with Crippen LogP contribution in [0.3, 0.4) is 0 Å². The number of hydrogen-bond donors (Lipinski definition) is 1. The normalized spacial score (nSPS) is 15.1. The van der Waals surface area contributed by atoms with Crippen molar-refractivity contribution in [3.8, 4) is 0 Å². The lowest BCUT2D eigenvalue weighted by molar-refractivity contribution is -0.117. The van der Waals surface area contributed by atoms with Gasteiger partial charge in [-0.2, -0.15) is 0 Å². The van der Waals surface area contributed by atoms with Crippen molar-refractivity contribution in [2.75, 3.05) is 5.01 Å². The van der Waals surface area contributed by atoms with Crippen molar-refractivity contribution in [3.05, 3.63) is 107 Å². The molecule has 1 aromatic heterocycles. The van der Waals surface area contributed by atoms with E-state index in [9.17, 15) is 9.59 Å². The van der Waals surface area contributed by atoms with E-state index in [0.717, 1.165) is 16.5 Å². The van der Waals surface area contributed by atoms with E-state index in [-0.39, 0.29) is 11.5 Å². The highest BCUT2D eigenvalue weighted by Crippen LogP contribution is 2.27. The first-order valence-corrected chi connectivity index (χ1v) is 10.2. The summed E-state index contributed by atoms with van der Waals surface area (Å²) < 4.78 is 2.15. The topological polar surface area (TPSA) is 54.3 Å². The van der Waals surface area contributed by atoms with E-state index in [4.69, 9.17) is 0 Å². The zero-order valence-corrected chi connectivity index (χ0v) is 17.1. The Labute approximate surface area is 180 Å². The summed E-state index contributed by atoms with van der Waals surface area (Å²) in [6.07, 6.45) is 3.69. The zero-order valence-electron chi connectivity index (χ0n) is 17.1. The van der Waals surface area contributed by atoms with E-state index < -0.39 is 5.91 Å². The quantitative estimate of drug-likeness (QED) is 0.401. The molecule has 5 rings (SSSR count). The van der Waals surface area contributed by atoms with Crippen molar-refractivity contribution in [1.29, 1.82) is 0 Å². The van der Waals surface area contributed by atoms with Gasteiger partial charge in [0.25, 0.3) is 11.8 Å². The Kier molecular flexibility index (Phi) is 4.64. The number of anilines is 1. The lowest BCUT2D eigenvalue weighted by Gasteiger charge is -2.13. The summed E-state index contributed by atoms with van der Waals surface area (Å²) in [5.74, 6) is -0.754. The van der Waals surface area contributed by atoms with Gasteiger partial charge in [-0.25, -0.2) is 5.01 Å². The Morgan fingerprint density at radius 2 is 1.58 bits per heavy atom. The number of para-hydroxylation sites is 2. The molecule has 2 amide bonds. The Bertz CT molecular complexity index is 1320. The fourth-order valence-corrected chi connectivity index (χ4v) is 3.88. The second-order valence-electron chi connectivity index (χ2n) is 7.69. The van der Waals surface area contributed by atoms with Crippen molar-refractivity contribution in [1.82, 2.24) is 9.99 Å². The summed E-state index contributed by atoms with van der Waals surface area (Å²) in [6, 6.07) is 25.6. The zero-order chi connectivity index (χ0) is 21.4. The average Bonchev–Trinajstić information content (AvgIpc) is 3.28. The van der Waals surface area contributed by atoms with Gasteiger partial charge in [0, 0.05) is 29.2 Å². The maximum absolute atomic E-state index is 13.0. The maximum atomic E-state index is 13.0. The van der Waals surface area contributed by atoms with Crippen molar-refractivity contribution < 1.29 is 9.59 Å². The van der Waals surface area contributed by atoms with E-state index in [2.05, 4.69) is 47.2 Å². The molecule has 0 unspecified atom stereocenters. The molecule has 0 radical (unpaired) electrons. The van der Waals surface area contributed by atoms with Gasteiger partial charge < -0.3 is 4.57 Å². The number of carbonyl (C=O) groups excluding carboxylic acids is 2. The highest BCUT2D eigenvalue weighted by Gasteiger charge is 2.34. The predicted octanol–water partition coefficient (Wildman–Crippen LogP) is 4.46. The Morgan fingerprint density at radius 3 is 2.35 bits per heavy atom. The van der Waals surface area contributed by atoms with Gasteiger partial charge in [0.1, 0.15) is 5.57 Å². The van der Waals surface area contributed by atoms with Crippen molar-refractivity contribution in [3.63, 3.8) is 0 Å². The maximum Gasteiger partial charge on any atom is 0.282 e. The van der Waals surface area contributed by atoms with Crippen LogP contribution in [0.2, 0.25) is 0 Å². The van der Waals surface area contributed by atoms with Gasteiger partial charge in [0.15, 0.2) is 0 Å². The average molecular weight is 407 g/mol. The molecular weight excluding hydrogens is 386 g/mol. The molecular formula is C26H21N3O2. The number of amides is 2. The van der Waals surface area contributed by atoms with Crippen molar-refractivity contribution in [2.45, 2.75) is 13.5 Å². The van der Waals surface area contributed by atoms with E-state index >= 15 is 0 Å². The number of hydrogen-bond acceptors (Lipinski definition) is 2. The molecule has 3 aromatic carbocycles. The molecule has 4 aromatic rings. The fraction of sp³-hybridized carbons (Fsp3) is 0.0769. The molecule has 152 valence electrons. The SMILES string of the molecule is Cc1ccc(Cn2cc(/C=C3/C(=O)NN(c4ccccc4)C3=O)c3ccccc32)cc1. The van der Waals surface area contributed by atoms with Crippen molar-refractivity contribution >= 4 is 34.5 Å². The van der Waals surface area contributed by atoms with Gasteiger partial charge in [0.05, 0.1) is 5.69 Å². The van der Waals surface area contributed by atoms with Crippen LogP contribution in [-0.2, 0) is 16.1 Å². The molecule has 1 saturated heterocycles. The summed E-state index contributed by atoms with van der Waals surface area (Å²) >= 11 is 0. The molecule has 0 saturated carbocycles. The number of aryl methyl sites for hydroxylation is 1. The molecule has 5 nitrogen and oxygen atoms in total. The van der Waals surface area contributed by atoms with Crippen LogP contribution in [0.4, 0.5) is 5.69 Å². The number of rotatable bonds is 4. The monoisotopic (exact) mass is 407 g/mol. The van der Waals surface area contributed by atoms with Gasteiger partial charge in [-0.1, -0.05) is 66.2 Å². The second-order valence-corrected chi connectivity index (χ2v) is 7.69. The summed E-state index contributed by atoms with van der Waals surface area (Å²) in [6.45, 7) is 2.78. The first-order chi connectivity index (χ1) is 15.1. The van der Waals surface area contributed by atoms with Crippen molar-refractivity contribution in [2.24, 2.45) is 0 Å². The predicted molar refractivity (Wildman–Crippen MR) is 122 cm³/mol. The van der Waals surface area contributed by atoms with Gasteiger partial charge >= 0.3 is 0 Å². The number of benzene rings is 3. The lowest BCUT2D eigenvalue weighted by atomic mass is 10.1. The molecule has 31 heavy (non-hydrogen) atoms. The molecule has 1 N–H and O–H groups in total. The molecule has 5 heteroatoms. The number of aromatic nitrogens is 1. The second kappa shape index (κ2) is 7.61. The molecule has 0 spiro atoms. The minimum atomic E-state index is -0.399. The number of hydrazine groups is 1. The fourth-order valence-electron chi connectivity index (χ4n) is 3.88. The third kappa shape index (κ3) is 3.51. The minimum absolute atomic E-state index is 0.127. The summed E-state index contributed by atoms with van der Waals surface area (Å²) in [5.41, 5.74) is 7.73. The molecule has 1 aliphatic heterocycles. The van der Waals surface area contributed by atoms with Crippen LogP contribution in [0.5, 0.6) is 0 Å². The molecule has 0 aliphatic carbocycles. The highest BCUT2D eigenvalue weighted by atomic mass is 16.2. The Balaban J connectivity index is 1.53. The van der Waals surface area contributed by atoms with Crippen LogP contribution in [0.15, 0.2) is 90.6 Å². The minimum Gasteiger partial charge on any atom is -0.342 e. The van der Waals surface area contributed by atoms with Crippen LogP contribution in [0.25, 0.3) is 17.0 Å². The number of nitrogens with one attached hydrogen (secondary N) is 1. The summed E-state index contributed by atoms with van der Waals surface area (Å²) in [5, 5.41) is 2.29. The molecule has 1 fully saturated rings. The number of carbonyl (C=O) groups is 2. The first-order valence-electron chi connectivity index (χ1n) is 10.2. The third-order valence-electron chi connectivity index (χ3n) is 5.50. The van der Waals surface area contributed by atoms with Crippen LogP contribution in [0, 0.1) is 6.92 Å². The van der Waals surface area contributed by atoms with Crippen LogP contribution in [0.1, 0.15) is 16.7 Å². The van der Waals surface area contributed by atoms with Gasteiger partial charge in [-0.3, -0.25) is 15.0 Å². The Hall–Kier alpha value is -4.12. The first kappa shape index (κ1) is 18.9. The van der Waals surface area contributed by atoms with Crippen LogP contribution in [-0.4, -0.2) is 16.4 Å². The molecule has 0 bridgehead atoms. The van der Waals surface area contributed by atoms with Crippen LogP contribution >= 0.6 is 0 Å². The molecule has 0 atom stereocenters. The Morgan fingerprint density at radius 1 is 0.871 bits per heavy atom. The molecule has 1 aliphatic rings. The largest absolute Gasteiger partial charge is 0.342 e. The van der Waals surface area contributed by atoms with Gasteiger partial charge in [-0.15, -0.1) is 0 Å². The molecule has 2 heterocycles. The highest BCUT2D eigenvalue weighted by molar-refractivity contribution is 6.32. The smallest absolute Gasteiger partial charge is 0.282 e. The van der Waals surface area contributed by atoms with E-state index in [1.807, 2.05) is 42.6 Å². The third-order valence-corrected chi connectivity index (χ3v) is 5.50. The number of fused-ring (bicyclic) bond motifs is 1. The van der Waals surface area contributed by atoms with E-state index in [1.54, 1.807) is 18.2 Å². The lowest BCUT2D eigenvalue weighted by Crippen LogP contribution is -2.35. The van der Waals surface area contributed by atoms with Gasteiger partial charge in [0.2, 0.25) is 0 Å².